The Morgan fingerprint density at radius 3 is 2.44 bits per heavy atom. The molecular formula is C29H29N5O2. The van der Waals surface area contributed by atoms with Crippen LogP contribution in [0.25, 0.3) is 11.3 Å². The minimum absolute atomic E-state index is 0.104. The zero-order valence-electron chi connectivity index (χ0n) is 20.7. The topological polar surface area (TPSA) is 89.3 Å². The molecule has 7 nitrogen and oxygen atoms in total. The molecule has 1 unspecified atom stereocenters. The Morgan fingerprint density at radius 1 is 1.17 bits per heavy atom. The molecule has 0 saturated heterocycles. The number of benzene rings is 2. The SMILES string of the molecule is C=C(C1=C(N(C)C)OC(N)=C(C#N)C1c1ccc(-n2ccnc2C2CC2)cc1)c1ccc(OC)cc1. The summed E-state index contributed by atoms with van der Waals surface area (Å²) < 4.78 is 13.4. The Hall–Kier alpha value is -4.44. The highest BCUT2D eigenvalue weighted by atomic mass is 16.5. The Labute approximate surface area is 211 Å². The molecule has 5 rings (SSSR count). The smallest absolute Gasteiger partial charge is 0.207 e. The van der Waals surface area contributed by atoms with E-state index in [1.165, 1.54) is 12.8 Å². The van der Waals surface area contributed by atoms with Crippen LogP contribution in [0, 0.1) is 11.3 Å². The predicted molar refractivity (Wildman–Crippen MR) is 139 cm³/mol. The zero-order chi connectivity index (χ0) is 25.4. The Morgan fingerprint density at radius 2 is 1.86 bits per heavy atom. The van der Waals surface area contributed by atoms with Crippen molar-refractivity contribution in [1.29, 1.82) is 5.26 Å². The van der Waals surface area contributed by atoms with E-state index in [0.717, 1.165) is 39.5 Å². The lowest BCUT2D eigenvalue weighted by molar-refractivity contribution is 0.187. The summed E-state index contributed by atoms with van der Waals surface area (Å²) in [5.74, 6) is 2.62. The number of allylic oxidation sites excluding steroid dienone is 3. The highest BCUT2D eigenvalue weighted by Crippen LogP contribution is 2.45. The van der Waals surface area contributed by atoms with Gasteiger partial charge in [-0.25, -0.2) is 4.98 Å². The largest absolute Gasteiger partial charge is 0.497 e. The van der Waals surface area contributed by atoms with E-state index in [2.05, 4.69) is 34.3 Å². The molecule has 3 aromatic rings. The second kappa shape index (κ2) is 9.31. The van der Waals surface area contributed by atoms with Gasteiger partial charge in [0.15, 0.2) is 0 Å². The van der Waals surface area contributed by atoms with Gasteiger partial charge in [-0.2, -0.15) is 5.26 Å². The van der Waals surface area contributed by atoms with Gasteiger partial charge in [-0.3, -0.25) is 0 Å². The van der Waals surface area contributed by atoms with Gasteiger partial charge >= 0.3 is 0 Å². The standard InChI is InChI=1S/C29H29N5O2/c1-18(19-9-13-23(35-4)14-10-19)25-26(24(17-30)27(31)36-29(25)33(2)3)20-7-11-22(12-8-20)34-16-15-32-28(34)21-5-6-21/h7-16,21,26H,1,5-6,31H2,2-4H3. The maximum Gasteiger partial charge on any atom is 0.207 e. The third-order valence-electron chi connectivity index (χ3n) is 6.69. The molecule has 2 N–H and O–H groups in total. The van der Waals surface area contributed by atoms with E-state index in [-0.39, 0.29) is 5.88 Å². The summed E-state index contributed by atoms with van der Waals surface area (Å²) in [5.41, 5.74) is 11.0. The van der Waals surface area contributed by atoms with Crippen LogP contribution >= 0.6 is 0 Å². The Kier molecular flexibility index (Phi) is 6.03. The fraction of sp³-hybridized carbons (Fsp3) is 0.241. The molecule has 1 aliphatic carbocycles. The maximum absolute atomic E-state index is 10.1. The summed E-state index contributed by atoms with van der Waals surface area (Å²) in [4.78, 5) is 6.42. The number of nitriles is 1. The van der Waals surface area contributed by atoms with E-state index in [9.17, 15) is 5.26 Å². The zero-order valence-corrected chi connectivity index (χ0v) is 20.7. The lowest BCUT2D eigenvalue weighted by Crippen LogP contribution is -2.27. The van der Waals surface area contributed by atoms with Crippen molar-refractivity contribution in [3.8, 4) is 17.5 Å². The number of ether oxygens (including phenoxy) is 2. The third-order valence-corrected chi connectivity index (χ3v) is 6.69. The fourth-order valence-corrected chi connectivity index (χ4v) is 4.66. The molecule has 0 bridgehead atoms. The quantitative estimate of drug-likeness (QED) is 0.510. The summed E-state index contributed by atoms with van der Waals surface area (Å²) in [6, 6.07) is 18.2. The van der Waals surface area contributed by atoms with Crippen molar-refractivity contribution >= 4 is 5.57 Å². The number of rotatable bonds is 7. The summed E-state index contributed by atoms with van der Waals surface area (Å²) in [6.45, 7) is 4.41. The first kappa shape index (κ1) is 23.3. The van der Waals surface area contributed by atoms with Crippen LogP contribution in [0.4, 0.5) is 0 Å². The summed E-state index contributed by atoms with van der Waals surface area (Å²) in [7, 11) is 5.41. The number of imidazole rings is 1. The summed E-state index contributed by atoms with van der Waals surface area (Å²) in [5, 5.41) is 10.1. The first-order valence-corrected chi connectivity index (χ1v) is 11.9. The van der Waals surface area contributed by atoms with Crippen molar-refractivity contribution in [3.05, 3.63) is 107 Å². The summed E-state index contributed by atoms with van der Waals surface area (Å²) in [6.07, 6.45) is 6.21. The molecule has 2 aliphatic rings. The first-order valence-electron chi connectivity index (χ1n) is 11.9. The highest BCUT2D eigenvalue weighted by molar-refractivity contribution is 5.82. The molecule has 2 aromatic carbocycles. The van der Waals surface area contributed by atoms with Crippen LogP contribution in [-0.2, 0) is 4.74 Å². The molecule has 1 fully saturated rings. The fourth-order valence-electron chi connectivity index (χ4n) is 4.66. The van der Waals surface area contributed by atoms with Gasteiger partial charge in [-0.1, -0.05) is 30.8 Å². The number of hydrogen-bond acceptors (Lipinski definition) is 6. The number of nitrogens with zero attached hydrogens (tertiary/aromatic N) is 4. The Balaban J connectivity index is 1.59. The Bertz CT molecular complexity index is 1400. The molecule has 1 aliphatic heterocycles. The van der Waals surface area contributed by atoms with Crippen LogP contribution < -0.4 is 10.5 Å². The molecule has 0 spiro atoms. The van der Waals surface area contributed by atoms with Crippen molar-refractivity contribution in [1.82, 2.24) is 14.5 Å². The van der Waals surface area contributed by atoms with Crippen LogP contribution in [0.1, 0.15) is 41.6 Å². The van der Waals surface area contributed by atoms with Crippen LogP contribution in [0.3, 0.4) is 0 Å². The lowest BCUT2D eigenvalue weighted by atomic mass is 9.79. The van der Waals surface area contributed by atoms with E-state index < -0.39 is 5.92 Å². The minimum Gasteiger partial charge on any atom is -0.497 e. The third kappa shape index (κ3) is 4.11. The van der Waals surface area contributed by atoms with Crippen LogP contribution in [-0.4, -0.2) is 35.7 Å². The minimum atomic E-state index is -0.435. The summed E-state index contributed by atoms with van der Waals surface area (Å²) >= 11 is 0. The highest BCUT2D eigenvalue weighted by Gasteiger charge is 2.36. The van der Waals surface area contributed by atoms with Crippen molar-refractivity contribution in [2.24, 2.45) is 5.73 Å². The van der Waals surface area contributed by atoms with E-state index in [4.69, 9.17) is 15.2 Å². The van der Waals surface area contributed by atoms with Gasteiger partial charge in [0.2, 0.25) is 11.8 Å². The van der Waals surface area contributed by atoms with Gasteiger partial charge in [0.25, 0.3) is 0 Å². The van der Waals surface area contributed by atoms with Crippen LogP contribution in [0.5, 0.6) is 5.75 Å². The van der Waals surface area contributed by atoms with Crippen molar-refractivity contribution < 1.29 is 9.47 Å². The van der Waals surface area contributed by atoms with Gasteiger partial charge in [0.05, 0.1) is 13.0 Å². The van der Waals surface area contributed by atoms with Gasteiger partial charge in [-0.15, -0.1) is 0 Å². The van der Waals surface area contributed by atoms with Gasteiger partial charge in [0, 0.05) is 43.7 Å². The van der Waals surface area contributed by atoms with Crippen molar-refractivity contribution in [2.75, 3.05) is 21.2 Å². The molecular weight excluding hydrogens is 450 g/mol. The van der Waals surface area contributed by atoms with Gasteiger partial charge in [0.1, 0.15) is 23.2 Å². The van der Waals surface area contributed by atoms with Gasteiger partial charge < -0.3 is 24.7 Å². The van der Waals surface area contributed by atoms with Crippen LogP contribution in [0.15, 0.2) is 90.4 Å². The first-order chi connectivity index (χ1) is 17.4. The van der Waals surface area contributed by atoms with Crippen LogP contribution in [0.2, 0.25) is 0 Å². The average Bonchev–Trinajstić information content (AvgIpc) is 3.63. The van der Waals surface area contributed by atoms with E-state index in [1.807, 2.05) is 67.8 Å². The monoisotopic (exact) mass is 479 g/mol. The number of methoxy groups -OCH3 is 1. The number of aromatic nitrogens is 2. The molecule has 1 aromatic heterocycles. The van der Waals surface area contributed by atoms with E-state index >= 15 is 0 Å². The van der Waals surface area contributed by atoms with E-state index in [1.54, 1.807) is 7.11 Å². The molecule has 0 radical (unpaired) electrons. The van der Waals surface area contributed by atoms with Gasteiger partial charge in [-0.05, 0) is 53.8 Å². The molecule has 1 saturated carbocycles. The second-order valence-electron chi connectivity index (χ2n) is 9.27. The van der Waals surface area contributed by atoms with E-state index in [0.29, 0.717) is 17.4 Å². The molecule has 2 heterocycles. The predicted octanol–water partition coefficient (Wildman–Crippen LogP) is 5.05. The maximum atomic E-state index is 10.1. The molecule has 7 heteroatoms. The number of hydrogen-bond donors (Lipinski definition) is 1. The second-order valence-corrected chi connectivity index (χ2v) is 9.27. The molecule has 182 valence electrons. The average molecular weight is 480 g/mol. The number of nitrogens with two attached hydrogens (primary N) is 1. The van der Waals surface area contributed by atoms with Crippen molar-refractivity contribution in [3.63, 3.8) is 0 Å². The lowest BCUT2D eigenvalue weighted by Gasteiger charge is -2.33. The molecule has 0 amide bonds. The molecule has 1 atom stereocenters. The normalized spacial score (nSPS) is 17.4. The molecule has 36 heavy (non-hydrogen) atoms. The van der Waals surface area contributed by atoms with Crippen molar-refractivity contribution in [2.45, 2.75) is 24.7 Å².